The monoisotopic (exact) mass is 316 g/mol. The predicted octanol–water partition coefficient (Wildman–Crippen LogP) is 2.50. The third kappa shape index (κ3) is 4.15. The Balaban J connectivity index is 2.03. The number of hydrogen-bond donors (Lipinski definition) is 2. The van der Waals surface area contributed by atoms with Crippen LogP contribution in [0, 0.1) is 5.82 Å². The van der Waals surface area contributed by atoms with Crippen molar-refractivity contribution in [3.63, 3.8) is 0 Å². The molecule has 3 N–H and O–H groups in total. The molecule has 0 aliphatic carbocycles. The molecule has 0 radical (unpaired) electrons. The lowest BCUT2D eigenvalue weighted by atomic mass is 9.92. The number of hydrogen-bond acceptors (Lipinski definition) is 3. The highest BCUT2D eigenvalue weighted by Gasteiger charge is 2.30. The van der Waals surface area contributed by atoms with Gasteiger partial charge in [-0.15, -0.1) is 0 Å². The number of carbonyl (C=O) groups excluding carboxylic acids is 1. The molecule has 1 amide bonds. The van der Waals surface area contributed by atoms with E-state index in [1.807, 2.05) is 30.3 Å². The molecule has 0 bridgehead atoms. The van der Waals surface area contributed by atoms with Crippen LogP contribution in [0.1, 0.15) is 24.2 Å². The summed E-state index contributed by atoms with van der Waals surface area (Å²) < 4.78 is 18.4. The molecular formula is C18H21FN2O2. The van der Waals surface area contributed by atoms with Crippen molar-refractivity contribution in [2.45, 2.75) is 18.6 Å². The Morgan fingerprint density at radius 1 is 1.22 bits per heavy atom. The summed E-state index contributed by atoms with van der Waals surface area (Å²) in [4.78, 5) is 12.4. The highest BCUT2D eigenvalue weighted by atomic mass is 19.1. The summed E-state index contributed by atoms with van der Waals surface area (Å²) in [6, 6.07) is 15.2. The number of carbonyl (C=O) groups is 1. The minimum Gasteiger partial charge on any atom is -0.375 e. The van der Waals surface area contributed by atoms with E-state index in [0.717, 1.165) is 11.1 Å². The van der Waals surface area contributed by atoms with Gasteiger partial charge in [-0.1, -0.05) is 42.5 Å². The van der Waals surface area contributed by atoms with Crippen LogP contribution in [0.3, 0.4) is 0 Å². The molecule has 0 fully saturated rings. The van der Waals surface area contributed by atoms with Gasteiger partial charge < -0.3 is 15.8 Å². The summed E-state index contributed by atoms with van der Waals surface area (Å²) in [5.74, 6) is -0.612. The molecule has 122 valence electrons. The number of amides is 1. The van der Waals surface area contributed by atoms with E-state index in [1.54, 1.807) is 26.2 Å². The summed E-state index contributed by atoms with van der Waals surface area (Å²) in [5, 5.41) is 2.80. The smallest absolute Gasteiger partial charge is 0.244 e. The van der Waals surface area contributed by atoms with Gasteiger partial charge in [0.05, 0.1) is 6.10 Å². The van der Waals surface area contributed by atoms with Crippen molar-refractivity contribution in [3.8, 4) is 0 Å². The molecule has 2 unspecified atom stereocenters. The average Bonchev–Trinajstić information content (AvgIpc) is 2.57. The van der Waals surface area contributed by atoms with E-state index in [-0.39, 0.29) is 24.4 Å². The maximum atomic E-state index is 13.0. The predicted molar refractivity (Wildman–Crippen MR) is 87.1 cm³/mol. The molecule has 2 aromatic rings. The number of ether oxygens (including phenoxy) is 1. The van der Waals surface area contributed by atoms with Crippen LogP contribution in [0.15, 0.2) is 54.6 Å². The Morgan fingerprint density at radius 3 is 2.39 bits per heavy atom. The van der Waals surface area contributed by atoms with Crippen LogP contribution in [0.25, 0.3) is 0 Å². The highest BCUT2D eigenvalue weighted by molar-refractivity contribution is 5.87. The molecule has 5 heteroatoms. The van der Waals surface area contributed by atoms with Crippen LogP contribution in [0.5, 0.6) is 0 Å². The van der Waals surface area contributed by atoms with Crippen LogP contribution < -0.4 is 11.1 Å². The molecule has 0 spiro atoms. The lowest BCUT2D eigenvalue weighted by Crippen LogP contribution is -2.49. The molecule has 2 rings (SSSR count). The van der Waals surface area contributed by atoms with Gasteiger partial charge in [0.15, 0.2) is 0 Å². The molecule has 0 saturated heterocycles. The summed E-state index contributed by atoms with van der Waals surface area (Å²) in [5.41, 5.74) is 6.54. The minimum atomic E-state index is -1.14. The van der Waals surface area contributed by atoms with E-state index in [0.29, 0.717) is 0 Å². The van der Waals surface area contributed by atoms with Gasteiger partial charge in [-0.05, 0) is 30.2 Å². The van der Waals surface area contributed by atoms with Crippen LogP contribution in [0.4, 0.5) is 4.39 Å². The Morgan fingerprint density at radius 2 is 1.83 bits per heavy atom. The van der Waals surface area contributed by atoms with E-state index in [1.165, 1.54) is 12.1 Å². The first-order valence-electron chi connectivity index (χ1n) is 7.36. The SMILES string of the molecule is COC(CNC(=O)C(C)(N)c1ccccc1)c1ccc(F)cc1. The van der Waals surface area contributed by atoms with Crippen molar-refractivity contribution in [3.05, 3.63) is 71.5 Å². The second-order valence-corrected chi connectivity index (χ2v) is 5.55. The fourth-order valence-electron chi connectivity index (χ4n) is 2.30. The molecule has 0 saturated carbocycles. The fraction of sp³-hybridized carbons (Fsp3) is 0.278. The average molecular weight is 316 g/mol. The van der Waals surface area contributed by atoms with Crippen molar-refractivity contribution < 1.29 is 13.9 Å². The quantitative estimate of drug-likeness (QED) is 0.860. The third-order valence-electron chi connectivity index (χ3n) is 3.82. The Hall–Kier alpha value is -2.24. The maximum absolute atomic E-state index is 13.0. The topological polar surface area (TPSA) is 64.3 Å². The lowest BCUT2D eigenvalue weighted by Gasteiger charge is -2.25. The number of rotatable bonds is 6. The summed E-state index contributed by atoms with van der Waals surface area (Å²) in [6.07, 6.45) is -0.369. The second-order valence-electron chi connectivity index (χ2n) is 5.55. The van der Waals surface area contributed by atoms with Gasteiger partial charge in [-0.3, -0.25) is 4.79 Å². The van der Waals surface area contributed by atoms with Crippen LogP contribution >= 0.6 is 0 Å². The number of nitrogens with one attached hydrogen (secondary N) is 1. The van der Waals surface area contributed by atoms with Crippen LogP contribution in [0.2, 0.25) is 0 Å². The molecule has 0 aliphatic heterocycles. The van der Waals surface area contributed by atoms with Gasteiger partial charge in [0.1, 0.15) is 11.4 Å². The van der Waals surface area contributed by atoms with Crippen LogP contribution in [-0.4, -0.2) is 19.6 Å². The molecule has 2 atom stereocenters. The molecule has 4 nitrogen and oxygen atoms in total. The molecule has 0 heterocycles. The van der Waals surface area contributed by atoms with Crippen molar-refractivity contribution in [2.75, 3.05) is 13.7 Å². The number of halogens is 1. The largest absolute Gasteiger partial charge is 0.375 e. The Bertz CT molecular complexity index is 642. The Kier molecular flexibility index (Phi) is 5.47. The summed E-state index contributed by atoms with van der Waals surface area (Å²) in [7, 11) is 1.54. The van der Waals surface area contributed by atoms with E-state index in [4.69, 9.17) is 10.5 Å². The van der Waals surface area contributed by atoms with Gasteiger partial charge in [-0.25, -0.2) is 4.39 Å². The standard InChI is InChI=1S/C18H21FN2O2/c1-18(20,14-6-4-3-5-7-14)17(22)21-12-16(23-2)13-8-10-15(19)11-9-13/h3-11,16H,12,20H2,1-2H3,(H,21,22). The molecular weight excluding hydrogens is 295 g/mol. The maximum Gasteiger partial charge on any atom is 0.244 e. The first-order chi connectivity index (χ1) is 10.9. The number of nitrogens with two attached hydrogens (primary N) is 1. The summed E-state index contributed by atoms with van der Waals surface area (Å²) in [6.45, 7) is 1.91. The van der Waals surface area contributed by atoms with E-state index < -0.39 is 5.54 Å². The number of benzene rings is 2. The minimum absolute atomic E-state index is 0.251. The summed E-state index contributed by atoms with van der Waals surface area (Å²) >= 11 is 0. The van der Waals surface area contributed by atoms with E-state index >= 15 is 0 Å². The van der Waals surface area contributed by atoms with E-state index in [9.17, 15) is 9.18 Å². The molecule has 0 aromatic heterocycles. The van der Waals surface area contributed by atoms with Crippen molar-refractivity contribution in [1.82, 2.24) is 5.32 Å². The highest BCUT2D eigenvalue weighted by Crippen LogP contribution is 2.19. The third-order valence-corrected chi connectivity index (χ3v) is 3.82. The van der Waals surface area contributed by atoms with Crippen molar-refractivity contribution in [2.24, 2.45) is 5.73 Å². The van der Waals surface area contributed by atoms with Crippen molar-refractivity contribution >= 4 is 5.91 Å². The molecule has 0 aliphatic rings. The van der Waals surface area contributed by atoms with Gasteiger partial charge in [-0.2, -0.15) is 0 Å². The Labute approximate surface area is 135 Å². The van der Waals surface area contributed by atoms with Gasteiger partial charge in [0, 0.05) is 13.7 Å². The van der Waals surface area contributed by atoms with Gasteiger partial charge in [0.2, 0.25) is 5.91 Å². The number of methoxy groups -OCH3 is 1. The molecule has 2 aromatic carbocycles. The van der Waals surface area contributed by atoms with E-state index in [2.05, 4.69) is 5.32 Å². The van der Waals surface area contributed by atoms with Gasteiger partial charge in [0.25, 0.3) is 0 Å². The zero-order valence-electron chi connectivity index (χ0n) is 13.3. The normalized spacial score (nSPS) is 14.8. The lowest BCUT2D eigenvalue weighted by molar-refractivity contribution is -0.126. The van der Waals surface area contributed by atoms with Gasteiger partial charge >= 0.3 is 0 Å². The first-order valence-corrected chi connectivity index (χ1v) is 7.36. The first kappa shape index (κ1) is 17.1. The molecule has 23 heavy (non-hydrogen) atoms. The van der Waals surface area contributed by atoms with Crippen molar-refractivity contribution in [1.29, 1.82) is 0 Å². The zero-order chi connectivity index (χ0) is 16.9. The zero-order valence-corrected chi connectivity index (χ0v) is 13.3. The van der Waals surface area contributed by atoms with Crippen LogP contribution in [-0.2, 0) is 15.1 Å². The fourth-order valence-corrected chi connectivity index (χ4v) is 2.30. The second kappa shape index (κ2) is 7.35.